The van der Waals surface area contributed by atoms with Crippen LogP contribution in [-0.2, 0) is 9.59 Å². The highest BCUT2D eigenvalue weighted by Crippen LogP contribution is 2.38. The first-order valence-corrected chi connectivity index (χ1v) is 7.38. The molecule has 2 rings (SSSR count). The van der Waals surface area contributed by atoms with Crippen molar-refractivity contribution in [2.45, 2.75) is 38.6 Å². The van der Waals surface area contributed by atoms with E-state index in [1.165, 1.54) is 12.8 Å². The Morgan fingerprint density at radius 2 is 2.16 bits per heavy atom. The van der Waals surface area contributed by atoms with Crippen molar-refractivity contribution < 1.29 is 9.59 Å². The zero-order valence-electron chi connectivity index (χ0n) is 11.9. The van der Waals surface area contributed by atoms with Gasteiger partial charge in [0.1, 0.15) is 0 Å². The van der Waals surface area contributed by atoms with E-state index >= 15 is 0 Å². The van der Waals surface area contributed by atoms with Crippen LogP contribution in [0.25, 0.3) is 0 Å². The first-order chi connectivity index (χ1) is 9.13. The van der Waals surface area contributed by atoms with Gasteiger partial charge in [-0.2, -0.15) is 0 Å². The second kappa shape index (κ2) is 6.37. The number of rotatable bonds is 5. The minimum absolute atomic E-state index is 0.0704. The van der Waals surface area contributed by atoms with E-state index in [0.717, 1.165) is 19.4 Å². The molecular formula is C14H25N3O2. The Morgan fingerprint density at radius 3 is 2.89 bits per heavy atom. The Morgan fingerprint density at radius 1 is 1.37 bits per heavy atom. The molecule has 108 valence electrons. The maximum Gasteiger partial charge on any atom is 0.240 e. The fourth-order valence-electron chi connectivity index (χ4n) is 3.31. The monoisotopic (exact) mass is 267 g/mol. The molecule has 2 aliphatic rings. The molecule has 2 N–H and O–H groups in total. The van der Waals surface area contributed by atoms with Gasteiger partial charge in [-0.3, -0.25) is 9.59 Å². The fourth-order valence-corrected chi connectivity index (χ4v) is 3.31. The molecular weight excluding hydrogens is 242 g/mol. The lowest BCUT2D eigenvalue weighted by atomic mass is 9.93. The average molecular weight is 267 g/mol. The van der Waals surface area contributed by atoms with Crippen LogP contribution in [0, 0.1) is 11.8 Å². The van der Waals surface area contributed by atoms with Crippen LogP contribution in [-0.4, -0.2) is 49.4 Å². The van der Waals surface area contributed by atoms with Crippen LogP contribution in [0.5, 0.6) is 0 Å². The van der Waals surface area contributed by atoms with Gasteiger partial charge in [-0.15, -0.1) is 0 Å². The number of amides is 2. The summed E-state index contributed by atoms with van der Waals surface area (Å²) in [6, 6.07) is -0.0727. The molecule has 1 aliphatic heterocycles. The molecule has 0 radical (unpaired) electrons. The number of carbonyl (C=O) groups is 2. The van der Waals surface area contributed by atoms with Crippen molar-refractivity contribution >= 4 is 11.8 Å². The first-order valence-electron chi connectivity index (χ1n) is 7.38. The molecule has 19 heavy (non-hydrogen) atoms. The number of nitrogens with zero attached hydrogens (tertiary/aromatic N) is 1. The summed E-state index contributed by atoms with van der Waals surface area (Å²) >= 11 is 0. The zero-order valence-corrected chi connectivity index (χ0v) is 11.9. The molecule has 0 aromatic carbocycles. The largest absolute Gasteiger partial charge is 0.355 e. The molecule has 3 atom stereocenters. The van der Waals surface area contributed by atoms with Crippen LogP contribution in [0.15, 0.2) is 0 Å². The van der Waals surface area contributed by atoms with Crippen LogP contribution in [0.1, 0.15) is 32.6 Å². The van der Waals surface area contributed by atoms with Crippen molar-refractivity contribution in [3.8, 4) is 0 Å². The summed E-state index contributed by atoms with van der Waals surface area (Å²) in [5, 5.41) is 6.13. The topological polar surface area (TPSA) is 61.4 Å². The van der Waals surface area contributed by atoms with Crippen molar-refractivity contribution in [3.63, 3.8) is 0 Å². The number of carbonyl (C=O) groups excluding carboxylic acids is 2. The highest BCUT2D eigenvalue weighted by molar-refractivity contribution is 5.87. The quantitative estimate of drug-likeness (QED) is 0.756. The molecule has 0 aromatic heterocycles. The minimum Gasteiger partial charge on any atom is -0.355 e. The average Bonchev–Trinajstić information content (AvgIpc) is 2.97. The van der Waals surface area contributed by atoms with Gasteiger partial charge in [0.25, 0.3) is 0 Å². The standard InChI is InChI=1S/C14H25N3O2/c1-3-7-15-12(18)9-17(2)14(19)13-11-6-4-5-10(11)8-16-13/h10-11,13,16H,3-9H2,1-2H3,(H,15,18). The lowest BCUT2D eigenvalue weighted by Gasteiger charge is -2.24. The first kappa shape index (κ1) is 14.3. The lowest BCUT2D eigenvalue weighted by molar-refractivity contribution is -0.136. The third-order valence-electron chi connectivity index (χ3n) is 4.34. The Kier molecular flexibility index (Phi) is 4.80. The van der Waals surface area contributed by atoms with Gasteiger partial charge >= 0.3 is 0 Å². The highest BCUT2D eigenvalue weighted by Gasteiger charge is 2.43. The van der Waals surface area contributed by atoms with Gasteiger partial charge < -0.3 is 15.5 Å². The molecule has 3 unspecified atom stereocenters. The Balaban J connectivity index is 1.83. The molecule has 1 saturated heterocycles. The number of hydrogen-bond donors (Lipinski definition) is 2. The summed E-state index contributed by atoms with van der Waals surface area (Å²) in [6.07, 6.45) is 4.53. The second-order valence-electron chi connectivity index (χ2n) is 5.79. The number of hydrogen-bond acceptors (Lipinski definition) is 3. The van der Waals surface area contributed by atoms with Crippen LogP contribution in [0.2, 0.25) is 0 Å². The van der Waals surface area contributed by atoms with Crippen LogP contribution in [0.4, 0.5) is 0 Å². The molecule has 2 fully saturated rings. The van der Waals surface area contributed by atoms with Crippen LogP contribution >= 0.6 is 0 Å². The Labute approximate surface area is 115 Å². The molecule has 5 heteroatoms. The fraction of sp³-hybridized carbons (Fsp3) is 0.857. The summed E-state index contributed by atoms with van der Waals surface area (Å²) < 4.78 is 0. The summed E-state index contributed by atoms with van der Waals surface area (Å²) in [5.41, 5.74) is 0. The Hall–Kier alpha value is -1.10. The number of likely N-dealkylation sites (N-methyl/N-ethyl adjacent to an activating group) is 1. The van der Waals surface area contributed by atoms with Crippen LogP contribution < -0.4 is 10.6 Å². The molecule has 2 amide bonds. The maximum absolute atomic E-state index is 12.4. The van der Waals surface area contributed by atoms with E-state index in [9.17, 15) is 9.59 Å². The molecule has 0 aromatic rings. The Bertz CT molecular complexity index is 346. The van der Waals surface area contributed by atoms with Crippen molar-refractivity contribution in [1.82, 2.24) is 15.5 Å². The smallest absolute Gasteiger partial charge is 0.240 e. The summed E-state index contributed by atoms with van der Waals surface area (Å²) in [4.78, 5) is 25.6. The lowest BCUT2D eigenvalue weighted by Crippen LogP contribution is -2.48. The molecule has 1 heterocycles. The van der Waals surface area contributed by atoms with Gasteiger partial charge in [-0.05, 0) is 37.6 Å². The summed E-state index contributed by atoms with van der Waals surface area (Å²) in [7, 11) is 1.72. The van der Waals surface area contributed by atoms with E-state index in [4.69, 9.17) is 0 Å². The van der Waals surface area contributed by atoms with E-state index in [1.54, 1.807) is 11.9 Å². The molecule has 1 aliphatic carbocycles. The van der Waals surface area contributed by atoms with E-state index in [-0.39, 0.29) is 24.4 Å². The van der Waals surface area contributed by atoms with E-state index in [1.807, 2.05) is 6.92 Å². The van der Waals surface area contributed by atoms with E-state index in [0.29, 0.717) is 18.4 Å². The van der Waals surface area contributed by atoms with Crippen molar-refractivity contribution in [2.75, 3.05) is 26.7 Å². The van der Waals surface area contributed by atoms with Crippen LogP contribution in [0.3, 0.4) is 0 Å². The molecule has 0 spiro atoms. The third-order valence-corrected chi connectivity index (χ3v) is 4.34. The SMILES string of the molecule is CCCNC(=O)CN(C)C(=O)C1NCC2CCCC21. The van der Waals surface area contributed by atoms with E-state index in [2.05, 4.69) is 10.6 Å². The van der Waals surface area contributed by atoms with Crippen molar-refractivity contribution in [1.29, 1.82) is 0 Å². The summed E-state index contributed by atoms with van der Waals surface area (Å²) in [6.45, 7) is 3.80. The predicted molar refractivity (Wildman–Crippen MR) is 73.6 cm³/mol. The number of fused-ring (bicyclic) bond motifs is 1. The van der Waals surface area contributed by atoms with E-state index < -0.39 is 0 Å². The predicted octanol–water partition coefficient (Wildman–Crippen LogP) is 0.359. The van der Waals surface area contributed by atoms with Gasteiger partial charge in [0.2, 0.25) is 11.8 Å². The minimum atomic E-state index is -0.0727. The normalized spacial score (nSPS) is 29.1. The van der Waals surface area contributed by atoms with Gasteiger partial charge in [-0.25, -0.2) is 0 Å². The van der Waals surface area contributed by atoms with Crippen molar-refractivity contribution in [2.24, 2.45) is 11.8 Å². The molecule has 5 nitrogen and oxygen atoms in total. The highest BCUT2D eigenvalue weighted by atomic mass is 16.2. The van der Waals surface area contributed by atoms with Gasteiger partial charge in [0, 0.05) is 13.6 Å². The zero-order chi connectivity index (χ0) is 13.8. The second-order valence-corrected chi connectivity index (χ2v) is 5.79. The summed E-state index contributed by atoms with van der Waals surface area (Å²) in [5.74, 6) is 1.14. The maximum atomic E-state index is 12.4. The third kappa shape index (κ3) is 3.26. The molecule has 0 bridgehead atoms. The van der Waals surface area contributed by atoms with Gasteiger partial charge in [0.05, 0.1) is 12.6 Å². The van der Waals surface area contributed by atoms with Gasteiger partial charge in [0.15, 0.2) is 0 Å². The van der Waals surface area contributed by atoms with Crippen molar-refractivity contribution in [3.05, 3.63) is 0 Å². The number of nitrogens with one attached hydrogen (secondary N) is 2. The van der Waals surface area contributed by atoms with Gasteiger partial charge in [-0.1, -0.05) is 13.3 Å². The molecule has 1 saturated carbocycles.